The van der Waals surface area contributed by atoms with Gasteiger partial charge in [0.15, 0.2) is 0 Å². The number of nitrogens with one attached hydrogen (secondary N) is 3. The summed E-state index contributed by atoms with van der Waals surface area (Å²) in [5, 5.41) is 3.39. The first-order chi connectivity index (χ1) is 4.47. The first-order valence-corrected chi connectivity index (χ1v) is 3.39. The minimum Gasteiger partial charge on any atom is -0.324 e. The van der Waals surface area contributed by atoms with Crippen LogP contribution in [0.1, 0.15) is 6.42 Å². The third-order valence-corrected chi connectivity index (χ3v) is 1.81. The Bertz CT molecular complexity index is 141. The Labute approximate surface area is 54.5 Å². The highest BCUT2D eigenvalue weighted by Gasteiger charge is 2.20. The third-order valence-electron chi connectivity index (χ3n) is 1.81. The average molecular weight is 125 g/mol. The van der Waals surface area contributed by atoms with Crippen LogP contribution in [0.2, 0.25) is 0 Å². The number of hydrogen-bond donors (Lipinski definition) is 3. The Morgan fingerprint density at radius 3 is 3.44 bits per heavy atom. The second kappa shape index (κ2) is 2.01. The van der Waals surface area contributed by atoms with Gasteiger partial charge in [-0.1, -0.05) is 6.08 Å². The van der Waals surface area contributed by atoms with Gasteiger partial charge in [0.1, 0.15) is 0 Å². The van der Waals surface area contributed by atoms with Crippen molar-refractivity contribution in [1.82, 2.24) is 16.2 Å². The monoisotopic (exact) mass is 125 g/mol. The van der Waals surface area contributed by atoms with Crippen LogP contribution in [0.15, 0.2) is 11.8 Å². The lowest BCUT2D eigenvalue weighted by atomic mass is 10.1. The molecular weight excluding hydrogens is 114 g/mol. The second-order valence-electron chi connectivity index (χ2n) is 2.46. The van der Waals surface area contributed by atoms with Crippen LogP contribution in [0.25, 0.3) is 0 Å². The lowest BCUT2D eigenvalue weighted by molar-refractivity contribution is 0.579. The fourth-order valence-corrected chi connectivity index (χ4v) is 1.31. The van der Waals surface area contributed by atoms with E-state index in [1.165, 1.54) is 5.70 Å². The topological polar surface area (TPSA) is 36.1 Å². The van der Waals surface area contributed by atoms with Crippen molar-refractivity contribution in [2.24, 2.45) is 0 Å². The van der Waals surface area contributed by atoms with Crippen molar-refractivity contribution in [3.63, 3.8) is 0 Å². The maximum atomic E-state index is 3.39. The Kier molecular flexibility index (Phi) is 1.17. The van der Waals surface area contributed by atoms with Gasteiger partial charge in [0, 0.05) is 12.2 Å². The standard InChI is InChI=1S/C6H11N3/c1-2-5-6(7-3-1)4-8-9-5/h2,6-9H,1,3-4H2. The van der Waals surface area contributed by atoms with E-state index in [9.17, 15) is 0 Å². The van der Waals surface area contributed by atoms with Crippen molar-refractivity contribution in [2.75, 3.05) is 13.1 Å². The predicted octanol–water partition coefficient (Wildman–Crippen LogP) is -0.660. The van der Waals surface area contributed by atoms with Gasteiger partial charge in [-0.2, -0.15) is 0 Å². The van der Waals surface area contributed by atoms with E-state index in [0.717, 1.165) is 19.5 Å². The third kappa shape index (κ3) is 0.821. The molecule has 3 heteroatoms. The van der Waals surface area contributed by atoms with Crippen molar-refractivity contribution in [3.05, 3.63) is 11.8 Å². The molecule has 2 heterocycles. The Morgan fingerprint density at radius 1 is 1.56 bits per heavy atom. The molecule has 0 bridgehead atoms. The lowest BCUT2D eigenvalue weighted by Gasteiger charge is -2.16. The summed E-state index contributed by atoms with van der Waals surface area (Å²) >= 11 is 0. The molecule has 0 aromatic carbocycles. The molecule has 2 aliphatic heterocycles. The van der Waals surface area contributed by atoms with E-state index in [0.29, 0.717) is 6.04 Å². The predicted molar refractivity (Wildman–Crippen MR) is 35.6 cm³/mol. The normalized spacial score (nSPS) is 32.9. The molecule has 1 saturated heterocycles. The maximum Gasteiger partial charge on any atom is 0.0625 e. The van der Waals surface area contributed by atoms with Gasteiger partial charge >= 0.3 is 0 Å². The number of hydrogen-bond acceptors (Lipinski definition) is 3. The molecule has 2 rings (SSSR count). The van der Waals surface area contributed by atoms with Crippen LogP contribution in [0.4, 0.5) is 0 Å². The van der Waals surface area contributed by atoms with E-state index >= 15 is 0 Å². The molecule has 0 saturated carbocycles. The smallest absolute Gasteiger partial charge is 0.0625 e. The summed E-state index contributed by atoms with van der Waals surface area (Å²) in [5.74, 6) is 0. The van der Waals surface area contributed by atoms with Crippen LogP contribution in [-0.2, 0) is 0 Å². The zero-order valence-corrected chi connectivity index (χ0v) is 5.28. The van der Waals surface area contributed by atoms with Gasteiger partial charge < -0.3 is 10.7 Å². The van der Waals surface area contributed by atoms with Gasteiger partial charge in [-0.15, -0.1) is 0 Å². The summed E-state index contributed by atoms with van der Waals surface area (Å²) in [6.45, 7) is 2.14. The SMILES string of the molecule is C1=C2NNCC2NCC1. The highest BCUT2D eigenvalue weighted by atomic mass is 15.4. The quantitative estimate of drug-likeness (QED) is 0.402. The highest BCUT2D eigenvalue weighted by molar-refractivity contribution is 5.15. The van der Waals surface area contributed by atoms with Crippen molar-refractivity contribution in [3.8, 4) is 0 Å². The summed E-state index contributed by atoms with van der Waals surface area (Å²) in [7, 11) is 0. The molecule has 1 unspecified atom stereocenters. The molecular formula is C6H11N3. The fraction of sp³-hybridized carbons (Fsp3) is 0.667. The summed E-state index contributed by atoms with van der Waals surface area (Å²) in [6.07, 6.45) is 3.40. The van der Waals surface area contributed by atoms with Gasteiger partial charge in [-0.05, 0) is 13.0 Å². The van der Waals surface area contributed by atoms with E-state index in [1.807, 2.05) is 0 Å². The molecule has 2 aliphatic rings. The molecule has 0 aromatic heterocycles. The lowest BCUT2D eigenvalue weighted by Crippen LogP contribution is -2.35. The summed E-state index contributed by atoms with van der Waals surface area (Å²) < 4.78 is 0. The number of hydrazine groups is 1. The van der Waals surface area contributed by atoms with Crippen LogP contribution >= 0.6 is 0 Å². The molecule has 1 fully saturated rings. The van der Waals surface area contributed by atoms with Gasteiger partial charge in [0.05, 0.1) is 6.04 Å². The van der Waals surface area contributed by atoms with Crippen LogP contribution in [0.5, 0.6) is 0 Å². The minimum absolute atomic E-state index is 0.554. The van der Waals surface area contributed by atoms with E-state index < -0.39 is 0 Å². The molecule has 0 aromatic rings. The summed E-state index contributed by atoms with van der Waals surface area (Å²) in [5.41, 5.74) is 7.51. The molecule has 3 nitrogen and oxygen atoms in total. The highest BCUT2D eigenvalue weighted by Crippen LogP contribution is 2.07. The first-order valence-electron chi connectivity index (χ1n) is 3.39. The van der Waals surface area contributed by atoms with E-state index in [4.69, 9.17) is 0 Å². The van der Waals surface area contributed by atoms with Crippen LogP contribution in [0.3, 0.4) is 0 Å². The van der Waals surface area contributed by atoms with Gasteiger partial charge in [0.25, 0.3) is 0 Å². The molecule has 50 valence electrons. The zero-order chi connectivity index (χ0) is 6.10. The Morgan fingerprint density at radius 2 is 2.56 bits per heavy atom. The Hall–Kier alpha value is -0.540. The molecule has 3 N–H and O–H groups in total. The van der Waals surface area contributed by atoms with E-state index in [2.05, 4.69) is 22.2 Å². The first kappa shape index (κ1) is 5.26. The Balaban J connectivity index is 2.16. The largest absolute Gasteiger partial charge is 0.324 e. The molecule has 0 amide bonds. The minimum atomic E-state index is 0.554. The molecule has 0 spiro atoms. The average Bonchev–Trinajstić information content (AvgIpc) is 2.33. The maximum absolute atomic E-state index is 3.39. The van der Waals surface area contributed by atoms with Crippen molar-refractivity contribution < 1.29 is 0 Å². The van der Waals surface area contributed by atoms with Gasteiger partial charge in [0.2, 0.25) is 0 Å². The summed E-state index contributed by atoms with van der Waals surface area (Å²) in [6, 6.07) is 0.554. The van der Waals surface area contributed by atoms with Gasteiger partial charge in [-0.3, -0.25) is 0 Å². The molecule has 1 atom stereocenters. The van der Waals surface area contributed by atoms with Crippen LogP contribution < -0.4 is 16.2 Å². The second-order valence-corrected chi connectivity index (χ2v) is 2.46. The number of fused-ring (bicyclic) bond motifs is 1. The zero-order valence-electron chi connectivity index (χ0n) is 5.28. The number of rotatable bonds is 0. The van der Waals surface area contributed by atoms with Crippen LogP contribution in [0, 0.1) is 0 Å². The van der Waals surface area contributed by atoms with Crippen molar-refractivity contribution in [1.29, 1.82) is 0 Å². The van der Waals surface area contributed by atoms with E-state index in [-0.39, 0.29) is 0 Å². The van der Waals surface area contributed by atoms with Crippen molar-refractivity contribution >= 4 is 0 Å². The summed E-state index contributed by atoms with van der Waals surface area (Å²) in [4.78, 5) is 0. The van der Waals surface area contributed by atoms with Crippen molar-refractivity contribution in [2.45, 2.75) is 12.5 Å². The molecule has 0 radical (unpaired) electrons. The van der Waals surface area contributed by atoms with E-state index in [1.54, 1.807) is 0 Å². The molecule has 9 heavy (non-hydrogen) atoms. The van der Waals surface area contributed by atoms with Crippen LogP contribution in [-0.4, -0.2) is 19.1 Å². The fourth-order valence-electron chi connectivity index (χ4n) is 1.31. The van der Waals surface area contributed by atoms with Gasteiger partial charge in [-0.25, -0.2) is 5.43 Å². The molecule has 0 aliphatic carbocycles.